The molecule has 9 heteroatoms. The van der Waals surface area contributed by atoms with Crippen molar-refractivity contribution < 1.29 is 14.3 Å². The number of aryl methyl sites for hydroxylation is 1. The minimum atomic E-state index is -0.309. The Bertz CT molecular complexity index is 1230. The number of hydrogen-bond donors (Lipinski definition) is 2. The van der Waals surface area contributed by atoms with Crippen LogP contribution in [-0.2, 0) is 4.74 Å². The SMILES string of the molecule is Cc1ccc(C(=O)Nc2cccc(C(C)C)c2)cc1NC(=O)N(CCCN1CCOCC1)c1ccncn1. The molecule has 0 spiro atoms. The standard InChI is InChI=1S/C29H36N6O3/c1-21(2)23-6-4-7-25(18-23)32-28(36)24-9-8-22(3)26(19-24)33-29(37)35(27-10-11-30-20-31-27)13-5-12-34-14-16-38-17-15-34/h4,6-11,18-21H,5,12-17H2,1-3H3,(H,32,36)(H,33,37). The Morgan fingerprint density at radius 2 is 1.89 bits per heavy atom. The molecule has 3 amide bonds. The van der Waals surface area contributed by atoms with Gasteiger partial charge in [-0.1, -0.05) is 32.0 Å². The molecule has 0 bridgehead atoms. The third-order valence-electron chi connectivity index (χ3n) is 6.60. The lowest BCUT2D eigenvalue weighted by molar-refractivity contribution is 0.0377. The van der Waals surface area contributed by atoms with Crippen LogP contribution < -0.4 is 15.5 Å². The van der Waals surface area contributed by atoms with Crippen LogP contribution in [0.25, 0.3) is 0 Å². The molecule has 200 valence electrons. The van der Waals surface area contributed by atoms with Gasteiger partial charge in [0.1, 0.15) is 12.1 Å². The smallest absolute Gasteiger partial charge is 0.327 e. The second-order valence-corrected chi connectivity index (χ2v) is 9.72. The topological polar surface area (TPSA) is 99.7 Å². The first-order chi connectivity index (χ1) is 18.4. The third kappa shape index (κ3) is 7.36. The minimum Gasteiger partial charge on any atom is -0.379 e. The van der Waals surface area contributed by atoms with Gasteiger partial charge < -0.3 is 15.4 Å². The van der Waals surface area contributed by atoms with E-state index in [4.69, 9.17) is 4.74 Å². The summed E-state index contributed by atoms with van der Waals surface area (Å²) in [6.45, 7) is 10.8. The number of carbonyl (C=O) groups is 2. The fourth-order valence-electron chi connectivity index (χ4n) is 4.30. The van der Waals surface area contributed by atoms with Crippen LogP contribution in [0.3, 0.4) is 0 Å². The van der Waals surface area contributed by atoms with Crippen LogP contribution in [0.15, 0.2) is 61.1 Å². The number of carbonyl (C=O) groups excluding carboxylic acids is 2. The molecular weight excluding hydrogens is 480 g/mol. The van der Waals surface area contributed by atoms with Crippen LogP contribution in [0.5, 0.6) is 0 Å². The Hall–Kier alpha value is -3.82. The number of aromatic nitrogens is 2. The summed E-state index contributed by atoms with van der Waals surface area (Å²) in [6.07, 6.45) is 3.84. The predicted octanol–water partition coefficient (Wildman–Crippen LogP) is 4.92. The minimum absolute atomic E-state index is 0.237. The monoisotopic (exact) mass is 516 g/mol. The van der Waals surface area contributed by atoms with Crippen LogP contribution >= 0.6 is 0 Å². The highest BCUT2D eigenvalue weighted by Crippen LogP contribution is 2.22. The number of amides is 3. The van der Waals surface area contributed by atoms with Crippen molar-refractivity contribution in [3.63, 3.8) is 0 Å². The van der Waals surface area contributed by atoms with Gasteiger partial charge in [0.2, 0.25) is 0 Å². The third-order valence-corrected chi connectivity index (χ3v) is 6.60. The molecule has 2 N–H and O–H groups in total. The molecule has 9 nitrogen and oxygen atoms in total. The lowest BCUT2D eigenvalue weighted by Crippen LogP contribution is -2.40. The zero-order valence-electron chi connectivity index (χ0n) is 22.3. The normalized spacial score (nSPS) is 13.8. The first-order valence-corrected chi connectivity index (χ1v) is 13.1. The molecule has 0 atom stereocenters. The van der Waals surface area contributed by atoms with Crippen molar-refractivity contribution in [1.29, 1.82) is 0 Å². The molecule has 1 aromatic heterocycles. The summed E-state index contributed by atoms with van der Waals surface area (Å²) in [7, 11) is 0. The number of rotatable bonds is 9. The maximum absolute atomic E-state index is 13.4. The Labute approximate surface area is 224 Å². The van der Waals surface area contributed by atoms with E-state index in [1.807, 2.05) is 37.3 Å². The maximum atomic E-state index is 13.4. The number of ether oxygens (including phenoxy) is 1. The molecule has 38 heavy (non-hydrogen) atoms. The van der Waals surface area contributed by atoms with Crippen LogP contribution in [0.2, 0.25) is 0 Å². The van der Waals surface area contributed by atoms with Gasteiger partial charge in [-0.2, -0.15) is 0 Å². The maximum Gasteiger partial charge on any atom is 0.327 e. The molecule has 1 fully saturated rings. The van der Waals surface area contributed by atoms with Crippen molar-refractivity contribution in [1.82, 2.24) is 14.9 Å². The van der Waals surface area contributed by atoms with E-state index in [0.717, 1.165) is 56.1 Å². The highest BCUT2D eigenvalue weighted by atomic mass is 16.5. The summed E-state index contributed by atoms with van der Waals surface area (Å²) in [5.41, 5.74) is 3.78. The first-order valence-electron chi connectivity index (χ1n) is 13.1. The van der Waals surface area contributed by atoms with Crippen molar-refractivity contribution in [3.05, 3.63) is 77.7 Å². The molecule has 1 aliphatic heterocycles. The summed E-state index contributed by atoms with van der Waals surface area (Å²) in [5.74, 6) is 0.648. The van der Waals surface area contributed by atoms with Crippen molar-refractivity contribution in [3.8, 4) is 0 Å². The zero-order chi connectivity index (χ0) is 26.9. The number of morpholine rings is 1. The Morgan fingerprint density at radius 3 is 2.63 bits per heavy atom. The van der Waals surface area contributed by atoms with Gasteiger partial charge in [0.15, 0.2) is 0 Å². The lowest BCUT2D eigenvalue weighted by Gasteiger charge is -2.28. The molecule has 0 aliphatic carbocycles. The van der Waals surface area contributed by atoms with E-state index in [0.29, 0.717) is 29.5 Å². The summed E-state index contributed by atoms with van der Waals surface area (Å²) in [6, 6.07) is 14.6. The van der Waals surface area contributed by atoms with E-state index >= 15 is 0 Å². The van der Waals surface area contributed by atoms with Crippen molar-refractivity contribution >= 4 is 29.1 Å². The number of urea groups is 1. The Kier molecular flexibility index (Phi) is 9.40. The Morgan fingerprint density at radius 1 is 1.08 bits per heavy atom. The number of nitrogens with one attached hydrogen (secondary N) is 2. The molecule has 4 rings (SSSR count). The van der Waals surface area contributed by atoms with Gasteiger partial charge in [-0.15, -0.1) is 0 Å². The largest absolute Gasteiger partial charge is 0.379 e. The summed E-state index contributed by atoms with van der Waals surface area (Å²) in [5, 5.41) is 5.96. The van der Waals surface area contributed by atoms with Gasteiger partial charge in [0.25, 0.3) is 5.91 Å². The fourth-order valence-corrected chi connectivity index (χ4v) is 4.30. The van der Waals surface area contributed by atoms with Crippen LogP contribution in [0.1, 0.15) is 47.7 Å². The average molecular weight is 517 g/mol. The van der Waals surface area contributed by atoms with E-state index in [1.54, 1.807) is 29.3 Å². The number of benzene rings is 2. The molecular formula is C29H36N6O3. The van der Waals surface area contributed by atoms with Crippen LogP contribution in [0.4, 0.5) is 22.0 Å². The highest BCUT2D eigenvalue weighted by Gasteiger charge is 2.20. The van der Waals surface area contributed by atoms with Gasteiger partial charge >= 0.3 is 6.03 Å². The molecule has 0 saturated carbocycles. The second-order valence-electron chi connectivity index (χ2n) is 9.72. The molecule has 1 aliphatic rings. The average Bonchev–Trinajstić information content (AvgIpc) is 2.93. The lowest BCUT2D eigenvalue weighted by atomic mass is 10.0. The first kappa shape index (κ1) is 27.2. The Balaban J connectivity index is 1.45. The number of nitrogens with zero attached hydrogens (tertiary/aromatic N) is 4. The molecule has 1 saturated heterocycles. The molecule has 2 heterocycles. The predicted molar refractivity (Wildman–Crippen MR) is 150 cm³/mol. The molecule has 0 radical (unpaired) electrons. The summed E-state index contributed by atoms with van der Waals surface area (Å²) >= 11 is 0. The zero-order valence-corrected chi connectivity index (χ0v) is 22.3. The van der Waals surface area contributed by atoms with E-state index in [1.165, 1.54) is 6.33 Å². The van der Waals surface area contributed by atoms with Crippen molar-refractivity contribution in [2.75, 3.05) is 54.9 Å². The van der Waals surface area contributed by atoms with Gasteiger partial charge in [0.05, 0.1) is 13.2 Å². The molecule has 2 aromatic carbocycles. The summed E-state index contributed by atoms with van der Waals surface area (Å²) < 4.78 is 5.42. The van der Waals surface area contributed by atoms with Crippen LogP contribution in [-0.4, -0.2) is 66.2 Å². The van der Waals surface area contributed by atoms with E-state index in [2.05, 4.69) is 39.3 Å². The number of anilines is 3. The molecule has 0 unspecified atom stereocenters. The van der Waals surface area contributed by atoms with Crippen LogP contribution in [0, 0.1) is 6.92 Å². The summed E-state index contributed by atoms with van der Waals surface area (Å²) in [4.78, 5) is 38.7. The quantitative estimate of drug-likeness (QED) is 0.419. The van der Waals surface area contributed by atoms with Gasteiger partial charge in [0, 0.05) is 49.3 Å². The van der Waals surface area contributed by atoms with Crippen molar-refractivity contribution in [2.24, 2.45) is 0 Å². The van der Waals surface area contributed by atoms with E-state index < -0.39 is 0 Å². The molecule has 3 aromatic rings. The van der Waals surface area contributed by atoms with E-state index in [-0.39, 0.29) is 11.9 Å². The van der Waals surface area contributed by atoms with Gasteiger partial charge in [-0.3, -0.25) is 14.6 Å². The highest BCUT2D eigenvalue weighted by molar-refractivity contribution is 6.06. The fraction of sp³-hybridized carbons (Fsp3) is 0.379. The van der Waals surface area contributed by atoms with Gasteiger partial charge in [-0.05, 0) is 60.7 Å². The van der Waals surface area contributed by atoms with Gasteiger partial charge in [-0.25, -0.2) is 14.8 Å². The number of hydrogen-bond acceptors (Lipinski definition) is 6. The van der Waals surface area contributed by atoms with E-state index in [9.17, 15) is 9.59 Å². The van der Waals surface area contributed by atoms with Crippen molar-refractivity contribution in [2.45, 2.75) is 33.1 Å². The second kappa shape index (κ2) is 13.1.